The van der Waals surface area contributed by atoms with Crippen LogP contribution in [0.4, 0.5) is 17.2 Å². The van der Waals surface area contributed by atoms with Crippen molar-refractivity contribution in [2.24, 2.45) is 0 Å². The SMILES string of the molecule is Cc1cc(C)c(C)c(Oc2cc(NC(=O)CCn3cc(Br)c([N+](=O)[O-])n3)cc([N+](=O)[O-])c2)c1. The van der Waals surface area contributed by atoms with Gasteiger partial charge in [-0.3, -0.25) is 14.9 Å². The number of nitro groups is 2. The van der Waals surface area contributed by atoms with E-state index in [9.17, 15) is 25.0 Å². The van der Waals surface area contributed by atoms with E-state index in [-0.39, 0.29) is 40.4 Å². The Balaban J connectivity index is 1.76. The normalized spacial score (nSPS) is 10.7. The number of carbonyl (C=O) groups is 1. The molecule has 0 atom stereocenters. The summed E-state index contributed by atoms with van der Waals surface area (Å²) in [6.07, 6.45) is 1.34. The maximum Gasteiger partial charge on any atom is 0.404 e. The van der Waals surface area contributed by atoms with E-state index < -0.39 is 15.8 Å². The lowest BCUT2D eigenvalue weighted by atomic mass is 10.1. The molecular formula is C21H20BrN5O6. The van der Waals surface area contributed by atoms with Crippen LogP contribution < -0.4 is 10.1 Å². The molecule has 1 amide bonds. The zero-order chi connectivity index (χ0) is 24.3. The third-order valence-electron chi connectivity index (χ3n) is 4.82. The second kappa shape index (κ2) is 9.77. The highest BCUT2D eigenvalue weighted by Gasteiger charge is 2.19. The van der Waals surface area contributed by atoms with E-state index >= 15 is 0 Å². The Morgan fingerprint density at radius 2 is 1.85 bits per heavy atom. The van der Waals surface area contributed by atoms with Crippen molar-refractivity contribution < 1.29 is 19.4 Å². The zero-order valence-electron chi connectivity index (χ0n) is 18.0. The molecule has 0 aliphatic rings. The molecule has 3 rings (SSSR count). The first-order chi connectivity index (χ1) is 15.5. The topological polar surface area (TPSA) is 142 Å². The summed E-state index contributed by atoms with van der Waals surface area (Å²) in [7, 11) is 0. The number of amides is 1. The number of halogens is 1. The largest absolute Gasteiger partial charge is 0.457 e. The molecule has 3 aromatic rings. The number of non-ortho nitro benzene ring substituents is 1. The van der Waals surface area contributed by atoms with Gasteiger partial charge in [-0.1, -0.05) is 6.07 Å². The van der Waals surface area contributed by atoms with Gasteiger partial charge in [-0.2, -0.15) is 4.68 Å². The smallest absolute Gasteiger partial charge is 0.404 e. The number of aryl methyl sites for hydroxylation is 3. The molecule has 0 spiro atoms. The van der Waals surface area contributed by atoms with Gasteiger partial charge >= 0.3 is 5.82 Å². The highest BCUT2D eigenvalue weighted by molar-refractivity contribution is 9.10. The van der Waals surface area contributed by atoms with Crippen molar-refractivity contribution in [3.63, 3.8) is 0 Å². The predicted octanol–water partition coefficient (Wildman–Crippen LogP) is 5.21. The number of aromatic nitrogens is 2. The maximum absolute atomic E-state index is 12.4. The number of nitrogens with one attached hydrogen (secondary N) is 1. The number of hydrogen-bond donors (Lipinski definition) is 1. The first-order valence-electron chi connectivity index (χ1n) is 9.76. The summed E-state index contributed by atoms with van der Waals surface area (Å²) in [5.74, 6) is -0.0220. The van der Waals surface area contributed by atoms with Crippen molar-refractivity contribution in [1.82, 2.24) is 9.78 Å². The fraction of sp³-hybridized carbons (Fsp3) is 0.238. The first-order valence-corrected chi connectivity index (χ1v) is 10.5. The van der Waals surface area contributed by atoms with Crippen LogP contribution in [0.1, 0.15) is 23.1 Å². The minimum absolute atomic E-state index is 0.0552. The molecule has 0 radical (unpaired) electrons. The van der Waals surface area contributed by atoms with Crippen molar-refractivity contribution in [3.8, 4) is 11.5 Å². The van der Waals surface area contributed by atoms with Crippen LogP contribution in [0.5, 0.6) is 11.5 Å². The van der Waals surface area contributed by atoms with Crippen LogP contribution in [0.15, 0.2) is 41.0 Å². The molecule has 33 heavy (non-hydrogen) atoms. The molecule has 1 heterocycles. The van der Waals surface area contributed by atoms with Crippen molar-refractivity contribution in [2.45, 2.75) is 33.7 Å². The van der Waals surface area contributed by atoms with Crippen LogP contribution >= 0.6 is 15.9 Å². The first kappa shape index (κ1) is 23.9. The molecule has 1 aromatic heterocycles. The molecule has 0 fully saturated rings. The summed E-state index contributed by atoms with van der Waals surface area (Å²) in [5.41, 5.74) is 2.86. The van der Waals surface area contributed by atoms with Gasteiger partial charge in [0.25, 0.3) is 5.69 Å². The number of nitro benzene ring substituents is 1. The number of ether oxygens (including phenoxy) is 1. The molecule has 2 aromatic carbocycles. The van der Waals surface area contributed by atoms with E-state index in [1.807, 2.05) is 32.9 Å². The fourth-order valence-electron chi connectivity index (χ4n) is 3.12. The number of hydrogen-bond acceptors (Lipinski definition) is 7. The van der Waals surface area contributed by atoms with E-state index in [1.165, 1.54) is 29.1 Å². The van der Waals surface area contributed by atoms with Gasteiger partial charge in [-0.05, 0) is 64.4 Å². The van der Waals surface area contributed by atoms with Crippen molar-refractivity contribution >= 4 is 39.0 Å². The summed E-state index contributed by atoms with van der Waals surface area (Å²) in [6.45, 7) is 5.84. The fourth-order valence-corrected chi connectivity index (χ4v) is 3.58. The van der Waals surface area contributed by atoms with Crippen molar-refractivity contribution in [2.75, 3.05) is 5.32 Å². The van der Waals surface area contributed by atoms with E-state index in [1.54, 1.807) is 0 Å². The summed E-state index contributed by atoms with van der Waals surface area (Å²) in [5, 5.41) is 28.7. The van der Waals surface area contributed by atoms with Crippen molar-refractivity contribution in [1.29, 1.82) is 0 Å². The Morgan fingerprint density at radius 3 is 2.48 bits per heavy atom. The lowest BCUT2D eigenvalue weighted by Crippen LogP contribution is -2.15. The molecule has 12 heteroatoms. The molecule has 11 nitrogen and oxygen atoms in total. The molecule has 0 saturated carbocycles. The molecule has 0 bridgehead atoms. The minimum Gasteiger partial charge on any atom is -0.457 e. The Labute approximate surface area is 196 Å². The second-order valence-corrected chi connectivity index (χ2v) is 8.25. The van der Waals surface area contributed by atoms with Gasteiger partial charge in [-0.25, -0.2) is 0 Å². The van der Waals surface area contributed by atoms with Crippen LogP contribution in [0, 0.1) is 41.0 Å². The molecule has 1 N–H and O–H groups in total. The molecule has 0 saturated heterocycles. The number of rotatable bonds is 8. The Bertz CT molecular complexity index is 1260. The summed E-state index contributed by atoms with van der Waals surface area (Å²) < 4.78 is 7.39. The van der Waals surface area contributed by atoms with Gasteiger partial charge in [0.2, 0.25) is 5.91 Å². The average molecular weight is 518 g/mol. The molecule has 0 aliphatic carbocycles. The second-order valence-electron chi connectivity index (χ2n) is 7.40. The predicted molar refractivity (Wildman–Crippen MR) is 124 cm³/mol. The van der Waals surface area contributed by atoms with Gasteiger partial charge < -0.3 is 20.2 Å². The summed E-state index contributed by atoms with van der Waals surface area (Å²) in [4.78, 5) is 33.4. The summed E-state index contributed by atoms with van der Waals surface area (Å²) >= 11 is 3.05. The lowest BCUT2D eigenvalue weighted by molar-refractivity contribution is -0.390. The third-order valence-corrected chi connectivity index (χ3v) is 5.38. The third kappa shape index (κ3) is 5.92. The van der Waals surface area contributed by atoms with Gasteiger partial charge in [0.15, 0.2) is 0 Å². The summed E-state index contributed by atoms with van der Waals surface area (Å²) in [6, 6.07) is 7.85. The van der Waals surface area contributed by atoms with Gasteiger partial charge in [0, 0.05) is 18.6 Å². The lowest BCUT2D eigenvalue weighted by Gasteiger charge is -2.13. The van der Waals surface area contributed by atoms with Gasteiger partial charge in [-0.15, -0.1) is 0 Å². The zero-order valence-corrected chi connectivity index (χ0v) is 19.6. The molecular weight excluding hydrogens is 498 g/mol. The van der Waals surface area contributed by atoms with Crippen LogP contribution in [0.25, 0.3) is 0 Å². The Kier molecular flexibility index (Phi) is 7.07. The van der Waals surface area contributed by atoms with Gasteiger partial charge in [0.1, 0.15) is 16.0 Å². The van der Waals surface area contributed by atoms with Crippen LogP contribution in [0.3, 0.4) is 0 Å². The van der Waals surface area contributed by atoms with Gasteiger partial charge in [0.05, 0.1) is 34.5 Å². The highest BCUT2D eigenvalue weighted by atomic mass is 79.9. The Morgan fingerprint density at radius 1 is 1.12 bits per heavy atom. The highest BCUT2D eigenvalue weighted by Crippen LogP contribution is 2.33. The molecule has 0 unspecified atom stereocenters. The molecule has 172 valence electrons. The van der Waals surface area contributed by atoms with Crippen LogP contribution in [0.2, 0.25) is 0 Å². The van der Waals surface area contributed by atoms with E-state index in [4.69, 9.17) is 4.74 Å². The van der Waals surface area contributed by atoms with E-state index in [0.717, 1.165) is 16.7 Å². The standard InChI is InChI=1S/C21H20BrN5O6/c1-12-6-13(2)14(3)19(7-12)33-17-9-15(8-16(10-17)26(29)30)23-20(28)4-5-25-11-18(22)21(24-25)27(31)32/h6-11H,4-5H2,1-3H3,(H,23,28). The monoisotopic (exact) mass is 517 g/mol. The number of benzene rings is 2. The van der Waals surface area contributed by atoms with E-state index in [0.29, 0.717) is 5.75 Å². The maximum atomic E-state index is 12.4. The quantitative estimate of drug-likeness (QED) is 0.319. The Hall–Kier alpha value is -3.80. The van der Waals surface area contributed by atoms with Crippen LogP contribution in [-0.4, -0.2) is 25.5 Å². The van der Waals surface area contributed by atoms with Crippen molar-refractivity contribution in [3.05, 3.63) is 77.9 Å². The van der Waals surface area contributed by atoms with Crippen LogP contribution in [-0.2, 0) is 11.3 Å². The number of carbonyl (C=O) groups excluding carboxylic acids is 1. The number of anilines is 1. The number of nitrogens with zero attached hydrogens (tertiary/aromatic N) is 4. The minimum atomic E-state index is -0.636. The molecule has 0 aliphatic heterocycles. The van der Waals surface area contributed by atoms with E-state index in [2.05, 4.69) is 26.3 Å². The average Bonchev–Trinajstić information content (AvgIpc) is 3.11.